The first-order chi connectivity index (χ1) is 18.0. The highest BCUT2D eigenvalue weighted by Gasteiger charge is 2.30. The number of alkyl halides is 1. The molecule has 4 rings (SSSR count). The van der Waals surface area contributed by atoms with Crippen LogP contribution in [0.15, 0.2) is 59.7 Å². The molecule has 0 saturated carbocycles. The first-order valence-corrected chi connectivity index (χ1v) is 12.6. The molecule has 38 heavy (non-hydrogen) atoms. The summed E-state index contributed by atoms with van der Waals surface area (Å²) >= 11 is 6.00. The molecule has 0 aliphatic carbocycles. The normalized spacial score (nSPS) is 14.5. The molecule has 0 fully saturated rings. The van der Waals surface area contributed by atoms with Crippen LogP contribution < -0.4 is 26.2 Å². The minimum absolute atomic E-state index is 0. The van der Waals surface area contributed by atoms with E-state index in [0.717, 1.165) is 17.0 Å². The zero-order valence-electron chi connectivity index (χ0n) is 20.9. The third kappa shape index (κ3) is 7.23. The van der Waals surface area contributed by atoms with Gasteiger partial charge >= 0.3 is 0 Å². The number of likely N-dealkylation sites (N-methyl/N-ethyl adjacent to an activating group) is 1. The van der Waals surface area contributed by atoms with E-state index in [-0.39, 0.29) is 36.2 Å². The number of rotatable bonds is 11. The summed E-state index contributed by atoms with van der Waals surface area (Å²) in [6, 6.07) is 12.0. The summed E-state index contributed by atoms with van der Waals surface area (Å²) < 4.78 is 7.01. The molecule has 1 aromatic carbocycles. The molecule has 0 saturated heterocycles. The van der Waals surface area contributed by atoms with E-state index < -0.39 is 17.5 Å². The first kappa shape index (κ1) is 28.9. The Balaban J connectivity index is 0.00000400. The van der Waals surface area contributed by atoms with Crippen molar-refractivity contribution in [1.82, 2.24) is 25.2 Å². The van der Waals surface area contributed by atoms with Gasteiger partial charge in [0.05, 0.1) is 0 Å². The molecule has 3 heterocycles. The first-order valence-electron chi connectivity index (χ1n) is 12.2. The number of nitrogens with zero attached hydrogens (tertiary/aromatic N) is 3. The van der Waals surface area contributed by atoms with Crippen molar-refractivity contribution in [3.63, 3.8) is 0 Å². The summed E-state index contributed by atoms with van der Waals surface area (Å²) in [6.07, 6.45) is 5.13. The lowest BCUT2D eigenvalue weighted by atomic mass is 10.1. The van der Waals surface area contributed by atoms with Gasteiger partial charge in [-0.05, 0) is 49.6 Å². The average Bonchev–Trinajstić information content (AvgIpc) is 3.35. The lowest BCUT2D eigenvalue weighted by Crippen LogP contribution is -2.36. The molecule has 202 valence electrons. The van der Waals surface area contributed by atoms with Crippen LogP contribution in [0, 0.1) is 0 Å². The highest BCUT2D eigenvalue weighted by molar-refractivity contribution is 6.29. The predicted molar refractivity (Wildman–Crippen MR) is 147 cm³/mol. The van der Waals surface area contributed by atoms with Gasteiger partial charge in [-0.25, -0.2) is 4.98 Å². The number of carbonyl (C=O) groups excluding carboxylic acids is 2. The molecule has 10 nitrogen and oxygen atoms in total. The number of hydrogen-bond acceptors (Lipinski definition) is 7. The van der Waals surface area contributed by atoms with Gasteiger partial charge in [0.1, 0.15) is 11.8 Å². The third-order valence-electron chi connectivity index (χ3n) is 5.92. The summed E-state index contributed by atoms with van der Waals surface area (Å²) in [5, 5.41) is 8.57. The summed E-state index contributed by atoms with van der Waals surface area (Å²) in [4.78, 5) is 46.5. The fourth-order valence-electron chi connectivity index (χ4n) is 4.13. The van der Waals surface area contributed by atoms with Gasteiger partial charge in [-0.2, -0.15) is 0 Å². The number of anilines is 1. The number of halogens is 2. The van der Waals surface area contributed by atoms with E-state index in [2.05, 4.69) is 25.9 Å². The van der Waals surface area contributed by atoms with Gasteiger partial charge < -0.3 is 20.7 Å². The van der Waals surface area contributed by atoms with E-state index in [1.165, 1.54) is 4.57 Å². The van der Waals surface area contributed by atoms with Crippen molar-refractivity contribution in [1.29, 1.82) is 0 Å². The van der Waals surface area contributed by atoms with Crippen LogP contribution in [0.2, 0.25) is 0 Å². The number of carbonyl (C=O) groups is 2. The molecule has 0 bridgehead atoms. The molecule has 1 aliphatic rings. The summed E-state index contributed by atoms with van der Waals surface area (Å²) in [7, 11) is 0. The highest BCUT2D eigenvalue weighted by Crippen LogP contribution is 2.24. The molecule has 3 N–H and O–H groups in total. The van der Waals surface area contributed by atoms with Gasteiger partial charge in [0.15, 0.2) is 5.82 Å². The van der Waals surface area contributed by atoms with Gasteiger partial charge in [-0.15, -0.1) is 12.4 Å². The second kappa shape index (κ2) is 13.8. The molecule has 0 spiro atoms. The number of hydrogen-bond donors (Lipinski definition) is 3. The van der Waals surface area contributed by atoms with Crippen molar-refractivity contribution in [3.05, 3.63) is 82.2 Å². The van der Waals surface area contributed by atoms with Gasteiger partial charge in [0.2, 0.25) is 11.5 Å². The lowest BCUT2D eigenvalue weighted by molar-refractivity contribution is -0.125. The molecule has 12 heteroatoms. The third-order valence-corrected chi connectivity index (χ3v) is 6.21. The van der Waals surface area contributed by atoms with Gasteiger partial charge in [-0.3, -0.25) is 23.9 Å². The van der Waals surface area contributed by atoms with E-state index in [0.29, 0.717) is 38.1 Å². The number of aryl methyl sites for hydroxylation is 1. The SMILES string of the molecule is CCNC(=O)C(Cl)Oc1cccc(CNC(=O)[C@@H]2CCc3cnc(NCCc4ccccn4)c(=O)n32)c1.Cl. The van der Waals surface area contributed by atoms with Gasteiger partial charge in [0, 0.05) is 49.8 Å². The Labute approximate surface area is 231 Å². The molecular weight excluding hydrogens is 531 g/mol. The van der Waals surface area contributed by atoms with Crippen LogP contribution in [-0.4, -0.2) is 45.0 Å². The Morgan fingerprint density at radius 3 is 2.79 bits per heavy atom. The monoisotopic (exact) mass is 560 g/mol. The fourth-order valence-corrected chi connectivity index (χ4v) is 4.31. The van der Waals surface area contributed by atoms with Crippen molar-refractivity contribution < 1.29 is 14.3 Å². The van der Waals surface area contributed by atoms with Crippen LogP contribution in [-0.2, 0) is 29.0 Å². The average molecular weight is 561 g/mol. The van der Waals surface area contributed by atoms with E-state index in [1.54, 1.807) is 37.5 Å². The van der Waals surface area contributed by atoms with E-state index >= 15 is 0 Å². The highest BCUT2D eigenvalue weighted by atomic mass is 35.5. The Kier molecular flexibility index (Phi) is 10.5. The quantitative estimate of drug-likeness (QED) is 0.307. The Hall–Kier alpha value is -3.63. The van der Waals surface area contributed by atoms with E-state index in [9.17, 15) is 14.4 Å². The Morgan fingerprint density at radius 1 is 1.18 bits per heavy atom. The van der Waals surface area contributed by atoms with Crippen LogP contribution in [0.25, 0.3) is 0 Å². The second-order valence-corrected chi connectivity index (χ2v) is 8.92. The molecule has 2 amide bonds. The molecule has 3 aromatic rings. The number of aromatic nitrogens is 3. The molecule has 2 aromatic heterocycles. The molecule has 1 aliphatic heterocycles. The maximum absolute atomic E-state index is 13.1. The topological polar surface area (TPSA) is 127 Å². The maximum Gasteiger partial charge on any atom is 0.294 e. The standard InChI is InChI=1S/C26H29ClN6O4.ClH/c1-2-28-25(35)22(27)37-20-8-5-6-17(14-20)15-32-24(34)21-10-9-19-16-31-23(26(36)33(19)21)30-13-11-18-7-3-4-12-29-18;/h3-8,12,14,16,21-22H,2,9-11,13,15H2,1H3,(H,28,35)(H,30,31)(H,32,34);1H/t21-,22?;/m0./s1. The van der Waals surface area contributed by atoms with E-state index in [4.69, 9.17) is 16.3 Å². The molecular formula is C26H30Cl2N6O4. The van der Waals surface area contributed by atoms with Crippen LogP contribution in [0.3, 0.4) is 0 Å². The Morgan fingerprint density at radius 2 is 2.03 bits per heavy atom. The zero-order valence-corrected chi connectivity index (χ0v) is 22.4. The molecule has 2 atom stereocenters. The fraction of sp³-hybridized carbons (Fsp3) is 0.346. The van der Waals surface area contributed by atoms with Crippen molar-refractivity contribution in [3.8, 4) is 5.75 Å². The minimum Gasteiger partial charge on any atom is -0.465 e. The largest absolute Gasteiger partial charge is 0.465 e. The van der Waals surface area contributed by atoms with Crippen molar-refractivity contribution in [2.75, 3.05) is 18.4 Å². The summed E-state index contributed by atoms with van der Waals surface area (Å²) in [5.41, 5.74) is 0.933. The van der Waals surface area contributed by atoms with E-state index in [1.807, 2.05) is 24.3 Å². The number of fused-ring (bicyclic) bond motifs is 1. The predicted octanol–water partition coefficient (Wildman–Crippen LogP) is 2.60. The van der Waals surface area contributed by atoms with Crippen molar-refractivity contribution in [2.45, 2.75) is 44.3 Å². The van der Waals surface area contributed by atoms with Gasteiger partial charge in [0.25, 0.3) is 11.5 Å². The van der Waals surface area contributed by atoms with Crippen LogP contribution in [0.5, 0.6) is 5.75 Å². The summed E-state index contributed by atoms with van der Waals surface area (Å²) in [5.74, 6) is -0.0523. The number of benzene rings is 1. The molecule has 0 radical (unpaired) electrons. The van der Waals surface area contributed by atoms with Crippen LogP contribution in [0.4, 0.5) is 5.82 Å². The number of ether oxygens (including phenoxy) is 1. The van der Waals surface area contributed by atoms with Gasteiger partial charge in [-0.1, -0.05) is 29.8 Å². The zero-order chi connectivity index (χ0) is 26.2. The summed E-state index contributed by atoms with van der Waals surface area (Å²) in [6.45, 7) is 2.96. The maximum atomic E-state index is 13.1. The minimum atomic E-state index is -1.16. The van der Waals surface area contributed by atoms with Crippen LogP contribution in [0.1, 0.15) is 36.3 Å². The number of amides is 2. The van der Waals surface area contributed by atoms with Crippen molar-refractivity contribution >= 4 is 41.6 Å². The smallest absolute Gasteiger partial charge is 0.294 e. The number of pyridine rings is 1. The number of nitrogens with one attached hydrogen (secondary N) is 3. The molecule has 1 unspecified atom stereocenters. The Bertz CT molecular complexity index is 1300. The van der Waals surface area contributed by atoms with Crippen molar-refractivity contribution in [2.24, 2.45) is 0 Å². The second-order valence-electron chi connectivity index (χ2n) is 8.52. The lowest BCUT2D eigenvalue weighted by Gasteiger charge is -2.16. The van der Waals surface area contributed by atoms with Crippen LogP contribution >= 0.6 is 24.0 Å².